The van der Waals surface area contributed by atoms with Gasteiger partial charge in [0.25, 0.3) is 0 Å². The van der Waals surface area contributed by atoms with E-state index < -0.39 is 12.1 Å². The Balaban J connectivity index is 2.46. The average molecular weight is 196 g/mol. The SMILES string of the molecule is Nc1ccc(NCC(O)C(=O)O)cc1. The number of anilines is 2. The van der Waals surface area contributed by atoms with Crippen LogP contribution in [0, 0.1) is 0 Å². The largest absolute Gasteiger partial charge is 0.479 e. The zero-order valence-electron chi connectivity index (χ0n) is 7.47. The van der Waals surface area contributed by atoms with Crippen LogP contribution < -0.4 is 11.1 Å². The van der Waals surface area contributed by atoms with Gasteiger partial charge >= 0.3 is 5.97 Å². The number of nitrogens with two attached hydrogens (primary N) is 1. The number of rotatable bonds is 4. The van der Waals surface area contributed by atoms with Gasteiger partial charge in [0.1, 0.15) is 0 Å². The van der Waals surface area contributed by atoms with Gasteiger partial charge in [0.05, 0.1) is 6.54 Å². The molecule has 0 radical (unpaired) electrons. The van der Waals surface area contributed by atoms with E-state index in [0.717, 1.165) is 5.69 Å². The maximum absolute atomic E-state index is 10.3. The zero-order valence-corrected chi connectivity index (χ0v) is 7.47. The Kier molecular flexibility index (Phi) is 3.30. The summed E-state index contributed by atoms with van der Waals surface area (Å²) in [6.45, 7) is -0.0285. The Hall–Kier alpha value is -1.75. The first-order valence-electron chi connectivity index (χ1n) is 4.10. The molecule has 0 aliphatic rings. The van der Waals surface area contributed by atoms with Gasteiger partial charge in [-0.05, 0) is 24.3 Å². The van der Waals surface area contributed by atoms with Gasteiger partial charge in [0.15, 0.2) is 6.10 Å². The van der Waals surface area contributed by atoms with E-state index in [0.29, 0.717) is 5.69 Å². The number of aliphatic carboxylic acids is 1. The second-order valence-electron chi connectivity index (χ2n) is 2.86. The number of nitrogens with one attached hydrogen (secondary N) is 1. The molecule has 5 nitrogen and oxygen atoms in total. The summed E-state index contributed by atoms with van der Waals surface area (Å²) in [5.74, 6) is -1.24. The van der Waals surface area contributed by atoms with E-state index >= 15 is 0 Å². The molecule has 0 fully saturated rings. The van der Waals surface area contributed by atoms with Gasteiger partial charge in [0.2, 0.25) is 0 Å². The highest BCUT2D eigenvalue weighted by Crippen LogP contribution is 2.10. The number of carboxylic acid groups (broad SMARTS) is 1. The van der Waals surface area contributed by atoms with Gasteiger partial charge in [-0.2, -0.15) is 0 Å². The van der Waals surface area contributed by atoms with E-state index in [9.17, 15) is 4.79 Å². The van der Waals surface area contributed by atoms with Gasteiger partial charge in [0, 0.05) is 11.4 Å². The monoisotopic (exact) mass is 196 g/mol. The maximum Gasteiger partial charge on any atom is 0.334 e. The molecular weight excluding hydrogens is 184 g/mol. The van der Waals surface area contributed by atoms with Crippen LogP contribution in [0.2, 0.25) is 0 Å². The number of nitrogen functional groups attached to an aromatic ring is 1. The van der Waals surface area contributed by atoms with Crippen LogP contribution in [0.5, 0.6) is 0 Å². The van der Waals surface area contributed by atoms with Crippen LogP contribution >= 0.6 is 0 Å². The molecule has 0 bridgehead atoms. The zero-order chi connectivity index (χ0) is 10.6. The van der Waals surface area contributed by atoms with Crippen molar-refractivity contribution in [3.05, 3.63) is 24.3 Å². The smallest absolute Gasteiger partial charge is 0.334 e. The van der Waals surface area contributed by atoms with E-state index in [1.165, 1.54) is 0 Å². The third kappa shape index (κ3) is 2.95. The van der Waals surface area contributed by atoms with Gasteiger partial charge in [-0.15, -0.1) is 0 Å². The summed E-state index contributed by atoms with van der Waals surface area (Å²) in [7, 11) is 0. The fourth-order valence-corrected chi connectivity index (χ4v) is 0.903. The molecule has 14 heavy (non-hydrogen) atoms. The Bertz CT molecular complexity index is 310. The van der Waals surface area contributed by atoms with E-state index in [2.05, 4.69) is 5.32 Å². The molecule has 1 aromatic rings. The van der Waals surface area contributed by atoms with Crippen molar-refractivity contribution >= 4 is 17.3 Å². The Morgan fingerprint density at radius 1 is 1.43 bits per heavy atom. The first-order valence-corrected chi connectivity index (χ1v) is 4.10. The number of carboxylic acids is 1. The Morgan fingerprint density at radius 2 is 2.00 bits per heavy atom. The maximum atomic E-state index is 10.3. The second-order valence-corrected chi connectivity index (χ2v) is 2.86. The molecule has 0 saturated heterocycles. The molecule has 0 amide bonds. The highest BCUT2D eigenvalue weighted by molar-refractivity contribution is 5.72. The van der Waals surface area contributed by atoms with Crippen molar-refractivity contribution in [2.24, 2.45) is 0 Å². The molecule has 1 atom stereocenters. The summed E-state index contributed by atoms with van der Waals surface area (Å²) < 4.78 is 0. The summed E-state index contributed by atoms with van der Waals surface area (Å²) in [6.07, 6.45) is -1.40. The third-order valence-corrected chi connectivity index (χ3v) is 1.70. The van der Waals surface area contributed by atoms with E-state index in [1.54, 1.807) is 24.3 Å². The van der Waals surface area contributed by atoms with Crippen molar-refractivity contribution in [1.82, 2.24) is 0 Å². The van der Waals surface area contributed by atoms with Gasteiger partial charge in [-0.25, -0.2) is 4.79 Å². The predicted molar refractivity (Wildman–Crippen MR) is 53.0 cm³/mol. The molecule has 0 spiro atoms. The van der Waals surface area contributed by atoms with Gasteiger partial charge < -0.3 is 21.3 Å². The van der Waals surface area contributed by atoms with E-state index in [1.807, 2.05) is 0 Å². The normalized spacial score (nSPS) is 12.1. The van der Waals surface area contributed by atoms with E-state index in [-0.39, 0.29) is 6.54 Å². The fraction of sp³-hybridized carbons (Fsp3) is 0.222. The molecule has 5 N–H and O–H groups in total. The molecule has 5 heteroatoms. The number of benzene rings is 1. The van der Waals surface area contributed by atoms with Crippen LogP contribution in [-0.4, -0.2) is 28.8 Å². The lowest BCUT2D eigenvalue weighted by molar-refractivity contribution is -0.145. The lowest BCUT2D eigenvalue weighted by atomic mass is 10.2. The lowest BCUT2D eigenvalue weighted by Crippen LogP contribution is -2.28. The summed E-state index contributed by atoms with van der Waals surface area (Å²) in [6, 6.07) is 6.80. The quantitative estimate of drug-likeness (QED) is 0.513. The first kappa shape index (κ1) is 10.3. The number of hydrogen-bond donors (Lipinski definition) is 4. The fourth-order valence-electron chi connectivity index (χ4n) is 0.903. The minimum Gasteiger partial charge on any atom is -0.479 e. The van der Waals surface area contributed by atoms with Gasteiger partial charge in [-0.1, -0.05) is 0 Å². The topological polar surface area (TPSA) is 95.6 Å². The number of aliphatic hydroxyl groups is 1. The molecule has 76 valence electrons. The lowest BCUT2D eigenvalue weighted by Gasteiger charge is -2.08. The van der Waals surface area contributed by atoms with Crippen molar-refractivity contribution in [3.63, 3.8) is 0 Å². The van der Waals surface area contributed by atoms with Crippen molar-refractivity contribution in [2.75, 3.05) is 17.6 Å². The van der Waals surface area contributed by atoms with Crippen molar-refractivity contribution in [1.29, 1.82) is 0 Å². The van der Waals surface area contributed by atoms with Crippen LogP contribution in [0.25, 0.3) is 0 Å². The minimum atomic E-state index is -1.40. The molecule has 0 aliphatic carbocycles. The second kappa shape index (κ2) is 4.48. The van der Waals surface area contributed by atoms with Crippen molar-refractivity contribution in [2.45, 2.75) is 6.10 Å². The van der Waals surface area contributed by atoms with Crippen LogP contribution in [0.1, 0.15) is 0 Å². The van der Waals surface area contributed by atoms with Crippen LogP contribution in [0.4, 0.5) is 11.4 Å². The summed E-state index contributed by atoms with van der Waals surface area (Å²) in [4.78, 5) is 10.3. The summed E-state index contributed by atoms with van der Waals surface area (Å²) in [5.41, 5.74) is 6.81. The number of aliphatic hydroxyl groups excluding tert-OH is 1. The molecule has 0 saturated carbocycles. The van der Waals surface area contributed by atoms with Crippen LogP contribution in [-0.2, 0) is 4.79 Å². The molecule has 0 aliphatic heterocycles. The van der Waals surface area contributed by atoms with Crippen molar-refractivity contribution < 1.29 is 15.0 Å². The van der Waals surface area contributed by atoms with Crippen LogP contribution in [0.3, 0.4) is 0 Å². The molecule has 1 unspecified atom stereocenters. The molecule has 1 rings (SSSR count). The number of hydrogen-bond acceptors (Lipinski definition) is 4. The Labute approximate surface area is 81.2 Å². The molecule has 1 aromatic carbocycles. The minimum absolute atomic E-state index is 0.0285. The number of carbonyl (C=O) groups is 1. The Morgan fingerprint density at radius 3 is 2.50 bits per heavy atom. The molecular formula is C9H12N2O3. The van der Waals surface area contributed by atoms with E-state index in [4.69, 9.17) is 15.9 Å². The standard InChI is InChI=1S/C9H12N2O3/c10-6-1-3-7(4-2-6)11-5-8(12)9(13)14/h1-4,8,11-12H,5,10H2,(H,13,14). The third-order valence-electron chi connectivity index (χ3n) is 1.70. The average Bonchev–Trinajstić information content (AvgIpc) is 2.16. The highest BCUT2D eigenvalue weighted by Gasteiger charge is 2.11. The van der Waals surface area contributed by atoms with Crippen molar-refractivity contribution in [3.8, 4) is 0 Å². The summed E-state index contributed by atoms with van der Waals surface area (Å²) >= 11 is 0. The highest BCUT2D eigenvalue weighted by atomic mass is 16.4. The molecule has 0 heterocycles. The predicted octanol–water partition coefficient (Wildman–Crippen LogP) is 0.126. The van der Waals surface area contributed by atoms with Crippen LogP contribution in [0.15, 0.2) is 24.3 Å². The first-order chi connectivity index (χ1) is 6.59. The molecule has 0 aromatic heterocycles. The summed E-state index contributed by atoms with van der Waals surface area (Å²) in [5, 5.41) is 20.1. The van der Waals surface area contributed by atoms with Gasteiger partial charge in [-0.3, -0.25) is 0 Å².